The van der Waals surface area contributed by atoms with Crippen molar-refractivity contribution in [3.63, 3.8) is 0 Å². The summed E-state index contributed by atoms with van der Waals surface area (Å²) >= 11 is 13.0. The van der Waals surface area contributed by atoms with Crippen LogP contribution in [0, 0.1) is 0 Å². The molecule has 0 unspecified atom stereocenters. The molecule has 3 nitrogen and oxygen atoms in total. The van der Waals surface area contributed by atoms with Crippen molar-refractivity contribution < 1.29 is 4.74 Å². The second-order valence-electron chi connectivity index (χ2n) is 8.07. The summed E-state index contributed by atoms with van der Waals surface area (Å²) in [6.07, 6.45) is 6.97. The molecule has 1 N–H and O–H groups in total. The van der Waals surface area contributed by atoms with Gasteiger partial charge in [0.2, 0.25) is 0 Å². The van der Waals surface area contributed by atoms with E-state index in [2.05, 4.69) is 34.1 Å². The summed E-state index contributed by atoms with van der Waals surface area (Å²) in [5.74, 6) is 0.971. The molecule has 0 spiro atoms. The minimum Gasteiger partial charge on any atom is -0.492 e. The van der Waals surface area contributed by atoms with Crippen LogP contribution < -0.4 is 10.1 Å². The fourth-order valence-corrected chi connectivity index (χ4v) is 5.33. The van der Waals surface area contributed by atoms with E-state index >= 15 is 0 Å². The highest BCUT2D eigenvalue weighted by molar-refractivity contribution is 6.45. The van der Waals surface area contributed by atoms with Crippen molar-refractivity contribution in [3.05, 3.63) is 62.8 Å². The van der Waals surface area contributed by atoms with Gasteiger partial charge in [-0.3, -0.25) is 0 Å². The van der Waals surface area contributed by atoms with Crippen LogP contribution in [0.5, 0.6) is 5.75 Å². The van der Waals surface area contributed by atoms with E-state index in [0.29, 0.717) is 16.7 Å². The van der Waals surface area contributed by atoms with Crippen molar-refractivity contribution in [2.45, 2.75) is 45.1 Å². The normalized spacial score (nSPS) is 16.3. The van der Waals surface area contributed by atoms with E-state index in [1.807, 2.05) is 6.07 Å². The molecule has 0 bridgehead atoms. The number of nitrogens with zero attached hydrogens (tertiary/aromatic N) is 1. The summed E-state index contributed by atoms with van der Waals surface area (Å²) in [5, 5.41) is 6.00. The van der Waals surface area contributed by atoms with Gasteiger partial charge in [-0.15, -0.1) is 0 Å². The molecule has 5 heteroatoms. The first-order chi connectivity index (χ1) is 14.2. The Morgan fingerprint density at radius 2 is 1.76 bits per heavy atom. The van der Waals surface area contributed by atoms with E-state index in [-0.39, 0.29) is 0 Å². The fraction of sp³-hybridized carbons (Fsp3) is 0.417. The van der Waals surface area contributed by atoms with Crippen molar-refractivity contribution in [1.29, 1.82) is 0 Å². The Bertz CT molecular complexity index is 1060. The summed E-state index contributed by atoms with van der Waals surface area (Å²) in [7, 11) is 0. The highest BCUT2D eigenvalue weighted by Gasteiger charge is 2.21. The van der Waals surface area contributed by atoms with Gasteiger partial charge in [-0.2, -0.15) is 0 Å². The maximum absolute atomic E-state index is 6.66. The van der Waals surface area contributed by atoms with E-state index < -0.39 is 0 Å². The number of rotatable bonds is 4. The van der Waals surface area contributed by atoms with Gasteiger partial charge in [-0.1, -0.05) is 35.3 Å². The lowest BCUT2D eigenvalue weighted by molar-refractivity contribution is 0.298. The first-order valence-corrected chi connectivity index (χ1v) is 11.4. The van der Waals surface area contributed by atoms with Crippen LogP contribution in [-0.4, -0.2) is 24.3 Å². The third-order valence-corrected chi connectivity index (χ3v) is 7.13. The number of benzene rings is 2. The largest absolute Gasteiger partial charge is 0.492 e. The predicted octanol–water partition coefficient (Wildman–Crippen LogP) is 5.59. The lowest BCUT2D eigenvalue weighted by atomic mass is 9.92. The maximum atomic E-state index is 6.66. The molecule has 1 aliphatic carbocycles. The lowest BCUT2D eigenvalue weighted by Crippen LogP contribution is -2.18. The van der Waals surface area contributed by atoms with Crippen LogP contribution >= 0.6 is 23.2 Å². The zero-order chi connectivity index (χ0) is 19.8. The van der Waals surface area contributed by atoms with Crippen molar-refractivity contribution in [3.8, 4) is 5.75 Å². The van der Waals surface area contributed by atoms with Gasteiger partial charge < -0.3 is 14.6 Å². The van der Waals surface area contributed by atoms with E-state index in [0.717, 1.165) is 43.7 Å². The van der Waals surface area contributed by atoms with E-state index in [1.165, 1.54) is 53.5 Å². The number of nitrogens with one attached hydrogen (secondary N) is 1. The molecule has 5 rings (SSSR count). The SMILES string of the molecule is Clc1ccc2c3c(n(CCOc4ccc5c(c4)CCCC5)c2c1Cl)CCNCC3. The Balaban J connectivity index is 1.43. The van der Waals surface area contributed by atoms with Gasteiger partial charge in [0.1, 0.15) is 12.4 Å². The molecule has 0 saturated carbocycles. The number of aryl methyl sites for hydroxylation is 2. The molecule has 0 fully saturated rings. The van der Waals surface area contributed by atoms with Gasteiger partial charge in [0.25, 0.3) is 0 Å². The number of ether oxygens (including phenoxy) is 1. The Kier molecular flexibility index (Phi) is 5.47. The zero-order valence-corrected chi connectivity index (χ0v) is 18.1. The van der Waals surface area contributed by atoms with Crippen LogP contribution in [0.4, 0.5) is 0 Å². The van der Waals surface area contributed by atoms with Gasteiger partial charge >= 0.3 is 0 Å². The molecule has 3 aromatic rings. The van der Waals surface area contributed by atoms with Crippen molar-refractivity contribution in [2.75, 3.05) is 19.7 Å². The molecule has 152 valence electrons. The van der Waals surface area contributed by atoms with E-state index in [1.54, 1.807) is 0 Å². The Morgan fingerprint density at radius 3 is 2.66 bits per heavy atom. The smallest absolute Gasteiger partial charge is 0.119 e. The van der Waals surface area contributed by atoms with Crippen molar-refractivity contribution >= 4 is 34.1 Å². The molecule has 0 radical (unpaired) electrons. The van der Waals surface area contributed by atoms with Gasteiger partial charge in [-0.05, 0) is 73.5 Å². The molecule has 0 saturated heterocycles. The molecule has 0 atom stereocenters. The maximum Gasteiger partial charge on any atom is 0.119 e. The van der Waals surface area contributed by atoms with Crippen molar-refractivity contribution in [2.24, 2.45) is 0 Å². The van der Waals surface area contributed by atoms with E-state index in [4.69, 9.17) is 27.9 Å². The van der Waals surface area contributed by atoms with Crippen LogP contribution in [0.3, 0.4) is 0 Å². The van der Waals surface area contributed by atoms with Crippen LogP contribution in [0.1, 0.15) is 35.2 Å². The molecule has 0 amide bonds. The minimum atomic E-state index is 0.613. The van der Waals surface area contributed by atoms with Gasteiger partial charge in [-0.25, -0.2) is 0 Å². The third-order valence-electron chi connectivity index (χ3n) is 6.33. The summed E-state index contributed by atoms with van der Waals surface area (Å²) in [5.41, 5.74) is 6.76. The number of fused-ring (bicyclic) bond motifs is 4. The number of halogens is 2. The van der Waals surface area contributed by atoms with Crippen molar-refractivity contribution in [1.82, 2.24) is 9.88 Å². The molecular weight excluding hydrogens is 403 g/mol. The number of aromatic nitrogens is 1. The Labute approximate surface area is 181 Å². The van der Waals surface area contributed by atoms with Crippen LogP contribution in [0.2, 0.25) is 10.0 Å². The summed E-state index contributed by atoms with van der Waals surface area (Å²) < 4.78 is 8.51. The van der Waals surface area contributed by atoms with Crippen LogP contribution in [0.15, 0.2) is 30.3 Å². The Hall–Kier alpha value is -1.68. The highest BCUT2D eigenvalue weighted by Crippen LogP contribution is 2.37. The average molecular weight is 429 g/mol. The summed E-state index contributed by atoms with van der Waals surface area (Å²) in [6, 6.07) is 10.6. The predicted molar refractivity (Wildman–Crippen MR) is 121 cm³/mol. The van der Waals surface area contributed by atoms with E-state index in [9.17, 15) is 0 Å². The second-order valence-corrected chi connectivity index (χ2v) is 8.86. The quantitative estimate of drug-likeness (QED) is 0.585. The number of hydrogen-bond donors (Lipinski definition) is 1. The van der Waals surface area contributed by atoms with Gasteiger partial charge in [0.05, 0.1) is 22.1 Å². The molecule has 2 aromatic carbocycles. The minimum absolute atomic E-state index is 0.613. The molecule has 1 aromatic heterocycles. The average Bonchev–Trinajstić information content (AvgIpc) is 2.88. The molecular formula is C24H26Cl2N2O. The molecule has 2 heterocycles. The monoisotopic (exact) mass is 428 g/mol. The molecule has 2 aliphatic rings. The van der Waals surface area contributed by atoms with Gasteiger partial charge in [0.15, 0.2) is 0 Å². The summed E-state index contributed by atoms with van der Waals surface area (Å²) in [6.45, 7) is 3.37. The zero-order valence-electron chi connectivity index (χ0n) is 16.6. The number of hydrogen-bond acceptors (Lipinski definition) is 2. The lowest BCUT2D eigenvalue weighted by Gasteiger charge is -2.17. The second kappa shape index (κ2) is 8.22. The fourth-order valence-electron chi connectivity index (χ4n) is 4.91. The molecule has 1 aliphatic heterocycles. The van der Waals surface area contributed by atoms with Crippen LogP contribution in [0.25, 0.3) is 10.9 Å². The Morgan fingerprint density at radius 1 is 0.931 bits per heavy atom. The third kappa shape index (κ3) is 3.65. The van der Waals surface area contributed by atoms with Crippen LogP contribution in [-0.2, 0) is 32.2 Å². The molecule has 29 heavy (non-hydrogen) atoms. The van der Waals surface area contributed by atoms with Gasteiger partial charge in [0, 0.05) is 24.0 Å². The standard InChI is InChI=1S/C24H26Cl2N2O/c25-21-8-7-20-19-9-11-27-12-10-22(19)28(24(20)23(21)26)13-14-29-18-6-5-16-3-1-2-4-17(16)15-18/h5-8,15,27H,1-4,9-14H2. The first kappa shape index (κ1) is 19.3. The topological polar surface area (TPSA) is 26.2 Å². The first-order valence-electron chi connectivity index (χ1n) is 10.7. The summed E-state index contributed by atoms with van der Waals surface area (Å²) in [4.78, 5) is 0. The highest BCUT2D eigenvalue weighted by atomic mass is 35.5.